The molecule has 2 atom stereocenters. The largest absolute Gasteiger partial charge is 0.477 e. The summed E-state index contributed by atoms with van der Waals surface area (Å²) in [5.41, 5.74) is 0. The van der Waals surface area contributed by atoms with Gasteiger partial charge in [-0.2, -0.15) is 0 Å². The molecule has 0 amide bonds. The molecule has 0 aromatic rings. The predicted octanol–water partition coefficient (Wildman–Crippen LogP) is 4.76. The summed E-state index contributed by atoms with van der Waals surface area (Å²) in [5.74, 6) is -0.712. The van der Waals surface area contributed by atoms with E-state index in [4.69, 9.17) is 0 Å². The van der Waals surface area contributed by atoms with E-state index in [1.807, 2.05) is 13.0 Å². The van der Waals surface area contributed by atoms with E-state index in [2.05, 4.69) is 26.8 Å². The highest BCUT2D eigenvalue weighted by atomic mass is 16.4. The summed E-state index contributed by atoms with van der Waals surface area (Å²) in [5, 5.41) is 20.5. The van der Waals surface area contributed by atoms with Crippen LogP contribution in [0.15, 0.2) is 12.2 Å². The van der Waals surface area contributed by atoms with Gasteiger partial charge in [-0.15, -0.1) is 0 Å². The number of rotatable bonds is 16. The molecule has 2 unspecified atom stereocenters. The number of hydrogen-bond acceptors (Lipinski definition) is 2. The lowest BCUT2D eigenvalue weighted by Gasteiger charge is -2.44. The van der Waals surface area contributed by atoms with Crippen LogP contribution in [0.25, 0.3) is 0 Å². The molecule has 0 aliphatic carbocycles. The molecule has 0 rings (SSSR count). The minimum absolute atomic E-state index is 0.415. The van der Waals surface area contributed by atoms with E-state index < -0.39 is 18.1 Å². The SMILES string of the molecule is CCCC/C=C/C(O)C[N+](CCCC)(CCCC)C(CCC)C(=O)O. The number of carboxylic acid groups (broad SMARTS) is 1. The van der Waals surface area contributed by atoms with Crippen LogP contribution in [0.5, 0.6) is 0 Å². The molecule has 0 fully saturated rings. The summed E-state index contributed by atoms with van der Waals surface area (Å²) < 4.78 is 0.518. The number of aliphatic hydroxyl groups excluding tert-OH is 1. The van der Waals surface area contributed by atoms with Gasteiger partial charge in [0, 0.05) is 6.42 Å². The van der Waals surface area contributed by atoms with Crippen molar-refractivity contribution in [3.63, 3.8) is 0 Å². The van der Waals surface area contributed by atoms with Gasteiger partial charge in [0.15, 0.2) is 6.04 Å². The van der Waals surface area contributed by atoms with Crippen molar-refractivity contribution >= 4 is 5.97 Å². The van der Waals surface area contributed by atoms with Crippen LogP contribution >= 0.6 is 0 Å². The van der Waals surface area contributed by atoms with Crippen molar-refractivity contribution < 1.29 is 19.5 Å². The second kappa shape index (κ2) is 14.3. The van der Waals surface area contributed by atoms with Crippen molar-refractivity contribution in [3.8, 4) is 0 Å². The monoisotopic (exact) mass is 356 g/mol. The number of carboxylic acids is 1. The maximum atomic E-state index is 12.0. The van der Waals surface area contributed by atoms with Crippen LogP contribution in [0.3, 0.4) is 0 Å². The van der Waals surface area contributed by atoms with Gasteiger partial charge in [0.05, 0.1) is 13.1 Å². The second-order valence-electron chi connectivity index (χ2n) is 7.34. The van der Waals surface area contributed by atoms with Crippen LogP contribution in [-0.4, -0.2) is 52.4 Å². The Balaban J connectivity index is 5.40. The summed E-state index contributed by atoms with van der Waals surface area (Å²) >= 11 is 0. The van der Waals surface area contributed by atoms with Crippen molar-refractivity contribution in [3.05, 3.63) is 12.2 Å². The Morgan fingerprint density at radius 3 is 1.96 bits per heavy atom. The van der Waals surface area contributed by atoms with Crippen molar-refractivity contribution in [1.82, 2.24) is 0 Å². The number of aliphatic carboxylic acids is 1. The number of allylic oxidation sites excluding steroid dienone is 1. The molecule has 25 heavy (non-hydrogen) atoms. The van der Waals surface area contributed by atoms with Gasteiger partial charge in [0.1, 0.15) is 12.6 Å². The first-order valence-electron chi connectivity index (χ1n) is 10.4. The fourth-order valence-corrected chi connectivity index (χ4v) is 3.59. The van der Waals surface area contributed by atoms with E-state index in [1.54, 1.807) is 0 Å². The molecular formula is C21H42NO3+. The van der Waals surface area contributed by atoms with Crippen molar-refractivity contribution in [1.29, 1.82) is 0 Å². The third-order valence-electron chi connectivity index (χ3n) is 5.06. The predicted molar refractivity (Wildman–Crippen MR) is 106 cm³/mol. The molecule has 0 aliphatic rings. The zero-order chi connectivity index (χ0) is 19.1. The van der Waals surface area contributed by atoms with Gasteiger partial charge in [0.2, 0.25) is 0 Å². The van der Waals surface area contributed by atoms with Crippen LogP contribution in [-0.2, 0) is 4.79 Å². The fourth-order valence-electron chi connectivity index (χ4n) is 3.59. The Hall–Kier alpha value is -0.870. The summed E-state index contributed by atoms with van der Waals surface area (Å²) in [6.07, 6.45) is 12.3. The average Bonchev–Trinajstić information content (AvgIpc) is 2.59. The molecule has 0 aromatic carbocycles. The van der Waals surface area contributed by atoms with Crippen molar-refractivity contribution in [2.24, 2.45) is 0 Å². The van der Waals surface area contributed by atoms with Crippen LogP contribution in [0.1, 0.15) is 85.5 Å². The maximum Gasteiger partial charge on any atom is 0.362 e. The quantitative estimate of drug-likeness (QED) is 0.238. The first-order valence-corrected chi connectivity index (χ1v) is 10.4. The smallest absolute Gasteiger partial charge is 0.362 e. The maximum absolute atomic E-state index is 12.0. The summed E-state index contributed by atoms with van der Waals surface area (Å²) in [6.45, 7) is 10.7. The number of aliphatic hydroxyl groups is 1. The van der Waals surface area contributed by atoms with E-state index in [9.17, 15) is 15.0 Å². The third kappa shape index (κ3) is 9.41. The van der Waals surface area contributed by atoms with E-state index in [-0.39, 0.29) is 0 Å². The number of quaternary nitrogens is 1. The Kier molecular flexibility index (Phi) is 13.8. The van der Waals surface area contributed by atoms with Gasteiger partial charge in [0.25, 0.3) is 0 Å². The Morgan fingerprint density at radius 1 is 0.960 bits per heavy atom. The minimum atomic E-state index is -0.712. The summed E-state index contributed by atoms with van der Waals surface area (Å²) in [7, 11) is 0. The van der Waals surface area contributed by atoms with Crippen LogP contribution in [0, 0.1) is 0 Å². The Labute approximate surface area is 155 Å². The zero-order valence-corrected chi connectivity index (χ0v) is 17.0. The molecular weight excluding hydrogens is 314 g/mol. The van der Waals surface area contributed by atoms with Gasteiger partial charge in [-0.1, -0.05) is 65.5 Å². The molecule has 0 aromatic heterocycles. The molecule has 0 bridgehead atoms. The van der Waals surface area contributed by atoms with Gasteiger partial charge in [-0.25, -0.2) is 4.79 Å². The van der Waals surface area contributed by atoms with Gasteiger partial charge in [-0.3, -0.25) is 0 Å². The lowest BCUT2D eigenvalue weighted by atomic mass is 10.0. The van der Waals surface area contributed by atoms with Gasteiger partial charge in [-0.05, 0) is 25.7 Å². The van der Waals surface area contributed by atoms with E-state index >= 15 is 0 Å². The van der Waals surface area contributed by atoms with Gasteiger partial charge < -0.3 is 14.7 Å². The first-order chi connectivity index (χ1) is 12.0. The minimum Gasteiger partial charge on any atom is -0.477 e. The fraction of sp³-hybridized carbons (Fsp3) is 0.857. The second-order valence-corrected chi connectivity index (χ2v) is 7.34. The number of unbranched alkanes of at least 4 members (excludes halogenated alkanes) is 4. The zero-order valence-electron chi connectivity index (χ0n) is 17.0. The van der Waals surface area contributed by atoms with Crippen molar-refractivity contribution in [2.45, 2.75) is 97.6 Å². The third-order valence-corrected chi connectivity index (χ3v) is 5.06. The van der Waals surface area contributed by atoms with E-state index in [1.165, 1.54) is 0 Å². The molecule has 2 N–H and O–H groups in total. The van der Waals surface area contributed by atoms with Gasteiger partial charge >= 0.3 is 5.97 Å². The molecule has 0 saturated carbocycles. The molecule has 0 saturated heterocycles. The molecule has 4 heteroatoms. The number of carbonyl (C=O) groups is 1. The average molecular weight is 357 g/mol. The normalized spacial score (nSPS) is 14.8. The first kappa shape index (κ1) is 24.1. The highest BCUT2D eigenvalue weighted by molar-refractivity contribution is 5.72. The van der Waals surface area contributed by atoms with E-state index in [0.29, 0.717) is 17.4 Å². The molecule has 0 heterocycles. The highest BCUT2D eigenvalue weighted by Crippen LogP contribution is 2.23. The number of hydrogen-bond donors (Lipinski definition) is 2. The molecule has 4 nitrogen and oxygen atoms in total. The van der Waals surface area contributed by atoms with Crippen LogP contribution in [0.2, 0.25) is 0 Å². The number of nitrogens with zero attached hydrogens (tertiary/aromatic N) is 1. The van der Waals surface area contributed by atoms with E-state index in [0.717, 1.165) is 64.5 Å². The summed E-state index contributed by atoms with van der Waals surface area (Å²) in [6, 6.07) is -0.415. The lowest BCUT2D eigenvalue weighted by molar-refractivity contribution is -0.946. The van der Waals surface area contributed by atoms with Crippen LogP contribution < -0.4 is 0 Å². The Morgan fingerprint density at radius 2 is 1.52 bits per heavy atom. The molecule has 0 radical (unpaired) electrons. The lowest BCUT2D eigenvalue weighted by Crippen LogP contribution is -2.62. The van der Waals surface area contributed by atoms with Crippen LogP contribution in [0.4, 0.5) is 0 Å². The van der Waals surface area contributed by atoms with Crippen molar-refractivity contribution in [2.75, 3.05) is 19.6 Å². The molecule has 0 spiro atoms. The summed E-state index contributed by atoms with van der Waals surface area (Å²) in [4.78, 5) is 12.0. The standard InChI is InChI=1S/C21H41NO3/c1-5-9-12-13-15-19(23)18-22(16-10-6-2,17-11-7-3)20(14-8-4)21(24)25/h13,15,19-20,23H,5-12,14,16-18H2,1-4H3/p+1/b15-13+. The Bertz CT molecular complexity index is 360. The highest BCUT2D eigenvalue weighted by Gasteiger charge is 2.41. The molecule has 0 aliphatic heterocycles. The molecule has 148 valence electrons. The topological polar surface area (TPSA) is 57.5 Å².